The third-order valence-electron chi connectivity index (χ3n) is 5.04. The van der Waals surface area contributed by atoms with Crippen LogP contribution in [0.4, 0.5) is 4.39 Å². The third kappa shape index (κ3) is 2.23. The van der Waals surface area contributed by atoms with Gasteiger partial charge in [0.05, 0.1) is 22.5 Å². The average molecular weight is 318 g/mol. The van der Waals surface area contributed by atoms with Crippen molar-refractivity contribution in [3.8, 4) is 0 Å². The summed E-state index contributed by atoms with van der Waals surface area (Å²) in [6.07, 6.45) is 0. The highest BCUT2D eigenvalue weighted by molar-refractivity contribution is 6.14. The zero-order chi connectivity index (χ0) is 16.9. The smallest absolute Gasteiger partial charge is 0.127 e. The van der Waals surface area contributed by atoms with Crippen LogP contribution in [0.2, 0.25) is 0 Å². The number of benzene rings is 2. The average Bonchev–Trinajstić information content (AvgIpc) is 2.58. The van der Waals surface area contributed by atoms with Gasteiger partial charge in [-0.2, -0.15) is 0 Å². The van der Waals surface area contributed by atoms with E-state index in [1.807, 2.05) is 63.2 Å². The van der Waals surface area contributed by atoms with Crippen molar-refractivity contribution in [2.45, 2.75) is 32.2 Å². The van der Waals surface area contributed by atoms with Crippen LogP contribution < -0.4 is 0 Å². The van der Waals surface area contributed by atoms with Gasteiger partial charge in [-0.15, -0.1) is 0 Å². The number of para-hydroxylation sites is 1. The summed E-state index contributed by atoms with van der Waals surface area (Å²) >= 11 is 0. The third-order valence-corrected chi connectivity index (χ3v) is 5.04. The molecule has 0 saturated heterocycles. The van der Waals surface area contributed by atoms with Crippen molar-refractivity contribution in [3.63, 3.8) is 0 Å². The Balaban J connectivity index is 1.97. The molecule has 3 aromatic rings. The molecule has 0 N–H and O–H groups in total. The molecule has 0 amide bonds. The molecule has 2 nitrogen and oxygen atoms in total. The fourth-order valence-corrected chi connectivity index (χ4v) is 3.38. The molecule has 2 aromatic carbocycles. The van der Waals surface area contributed by atoms with Crippen LogP contribution in [0.3, 0.4) is 0 Å². The zero-order valence-electron chi connectivity index (χ0n) is 14.0. The molecule has 120 valence electrons. The van der Waals surface area contributed by atoms with Gasteiger partial charge >= 0.3 is 0 Å². The molecule has 1 aliphatic rings. The Morgan fingerprint density at radius 1 is 0.958 bits per heavy atom. The van der Waals surface area contributed by atoms with Crippen LogP contribution in [0, 0.1) is 5.82 Å². The summed E-state index contributed by atoms with van der Waals surface area (Å²) in [6.45, 7) is 6.14. The summed E-state index contributed by atoms with van der Waals surface area (Å²) in [5.74, 6) is -0.154. The van der Waals surface area contributed by atoms with Crippen molar-refractivity contribution in [3.05, 3.63) is 77.2 Å². The maximum absolute atomic E-state index is 14.5. The number of pyridine rings is 1. The Bertz CT molecular complexity index is 972. The lowest BCUT2D eigenvalue weighted by atomic mass is 9.77. The highest BCUT2D eigenvalue weighted by Gasteiger charge is 2.36. The maximum atomic E-state index is 14.5. The molecule has 24 heavy (non-hydrogen) atoms. The summed E-state index contributed by atoms with van der Waals surface area (Å²) in [5.41, 5.74) is 3.70. The van der Waals surface area contributed by atoms with E-state index in [2.05, 4.69) is 0 Å². The van der Waals surface area contributed by atoms with Crippen LogP contribution in [0.25, 0.3) is 10.9 Å². The van der Waals surface area contributed by atoms with Gasteiger partial charge in [0.25, 0.3) is 0 Å². The van der Waals surface area contributed by atoms with Crippen molar-refractivity contribution in [2.24, 2.45) is 4.99 Å². The fraction of sp³-hybridized carbons (Fsp3) is 0.238. The molecular formula is C21H19FN2. The fourth-order valence-electron chi connectivity index (χ4n) is 3.38. The Labute approximate surface area is 141 Å². The normalized spacial score (nSPS) is 19.0. The first-order valence-corrected chi connectivity index (χ1v) is 8.22. The quantitative estimate of drug-likeness (QED) is 0.612. The molecule has 0 radical (unpaired) electrons. The molecule has 1 aromatic heterocycles. The number of halogens is 1. The maximum Gasteiger partial charge on any atom is 0.127 e. The van der Waals surface area contributed by atoms with Crippen molar-refractivity contribution in [1.29, 1.82) is 0 Å². The molecular weight excluding hydrogens is 299 g/mol. The Hall–Kier alpha value is -2.55. The van der Waals surface area contributed by atoms with E-state index in [9.17, 15) is 4.39 Å². The molecule has 0 fully saturated rings. The van der Waals surface area contributed by atoms with Gasteiger partial charge in [0.15, 0.2) is 0 Å². The summed E-state index contributed by atoms with van der Waals surface area (Å²) in [5, 5.41) is 1.09. The number of hydrogen-bond donors (Lipinski definition) is 0. The monoisotopic (exact) mass is 318 g/mol. The first kappa shape index (κ1) is 15.0. The molecule has 2 heterocycles. The molecule has 0 bridgehead atoms. The lowest BCUT2D eigenvalue weighted by Gasteiger charge is -2.35. The number of aliphatic imine (C=N–C) groups is 1. The molecule has 0 saturated carbocycles. The predicted molar refractivity (Wildman–Crippen MR) is 96.3 cm³/mol. The SMILES string of the molecule is CC1c2c(F)cccc2C(c2ccc3ccccc3n2)=NC1(C)C. The first-order valence-electron chi connectivity index (χ1n) is 8.22. The van der Waals surface area contributed by atoms with Gasteiger partial charge in [0.1, 0.15) is 5.82 Å². The highest BCUT2D eigenvalue weighted by atomic mass is 19.1. The lowest BCUT2D eigenvalue weighted by Crippen LogP contribution is -2.34. The van der Waals surface area contributed by atoms with Gasteiger partial charge < -0.3 is 0 Å². The topological polar surface area (TPSA) is 25.2 Å². The molecule has 1 unspecified atom stereocenters. The number of fused-ring (bicyclic) bond motifs is 2. The lowest BCUT2D eigenvalue weighted by molar-refractivity contribution is 0.417. The molecule has 1 atom stereocenters. The van der Waals surface area contributed by atoms with Gasteiger partial charge in [-0.25, -0.2) is 9.37 Å². The van der Waals surface area contributed by atoms with Crippen molar-refractivity contribution < 1.29 is 4.39 Å². The van der Waals surface area contributed by atoms with Crippen LogP contribution in [-0.2, 0) is 0 Å². The van der Waals surface area contributed by atoms with E-state index in [1.54, 1.807) is 6.07 Å². The minimum atomic E-state index is -0.377. The second-order valence-corrected chi connectivity index (χ2v) is 6.93. The number of aromatic nitrogens is 1. The van der Waals surface area contributed by atoms with Gasteiger partial charge in [0, 0.05) is 22.4 Å². The van der Waals surface area contributed by atoms with Gasteiger partial charge in [-0.3, -0.25) is 4.99 Å². The molecule has 0 aliphatic carbocycles. The van der Waals surface area contributed by atoms with Crippen molar-refractivity contribution in [1.82, 2.24) is 4.98 Å². The molecule has 0 spiro atoms. The van der Waals surface area contributed by atoms with Gasteiger partial charge in [-0.1, -0.05) is 43.3 Å². The van der Waals surface area contributed by atoms with Crippen LogP contribution in [0.15, 0.2) is 59.6 Å². The van der Waals surface area contributed by atoms with E-state index < -0.39 is 0 Å². The highest BCUT2D eigenvalue weighted by Crippen LogP contribution is 2.40. The van der Waals surface area contributed by atoms with Gasteiger partial charge in [-0.05, 0) is 32.0 Å². The van der Waals surface area contributed by atoms with Gasteiger partial charge in [0.2, 0.25) is 0 Å². The van der Waals surface area contributed by atoms with Crippen LogP contribution in [-0.4, -0.2) is 16.2 Å². The molecule has 1 aliphatic heterocycles. The Morgan fingerprint density at radius 3 is 2.58 bits per heavy atom. The molecule has 4 rings (SSSR count). The van der Waals surface area contributed by atoms with E-state index in [0.29, 0.717) is 0 Å². The van der Waals surface area contributed by atoms with Crippen LogP contribution >= 0.6 is 0 Å². The van der Waals surface area contributed by atoms with Crippen LogP contribution in [0.1, 0.15) is 43.5 Å². The summed E-state index contributed by atoms with van der Waals surface area (Å²) in [4.78, 5) is 9.71. The number of nitrogens with zero attached hydrogens (tertiary/aromatic N) is 2. The zero-order valence-corrected chi connectivity index (χ0v) is 14.0. The molecule has 3 heteroatoms. The largest absolute Gasteiger partial charge is 0.276 e. The number of hydrogen-bond acceptors (Lipinski definition) is 2. The van der Waals surface area contributed by atoms with Crippen molar-refractivity contribution in [2.75, 3.05) is 0 Å². The van der Waals surface area contributed by atoms with E-state index in [1.165, 1.54) is 6.07 Å². The number of rotatable bonds is 1. The Morgan fingerprint density at radius 2 is 1.75 bits per heavy atom. The second kappa shape index (κ2) is 5.23. The Kier molecular flexibility index (Phi) is 3.27. The van der Waals surface area contributed by atoms with Crippen LogP contribution in [0.5, 0.6) is 0 Å². The van der Waals surface area contributed by atoms with E-state index >= 15 is 0 Å². The minimum Gasteiger partial charge on any atom is -0.276 e. The van der Waals surface area contributed by atoms with E-state index in [-0.39, 0.29) is 17.3 Å². The summed E-state index contributed by atoms with van der Waals surface area (Å²) < 4.78 is 14.5. The first-order chi connectivity index (χ1) is 11.5. The standard InChI is InChI=1S/C21H19FN2/c1-13-19-15(8-6-9-16(19)22)20(24-21(13,2)3)18-12-11-14-7-4-5-10-17(14)23-18/h4-13H,1-3H3. The van der Waals surface area contributed by atoms with E-state index in [0.717, 1.165) is 33.4 Å². The predicted octanol–water partition coefficient (Wildman–Crippen LogP) is 5.11. The second-order valence-electron chi connectivity index (χ2n) is 6.93. The minimum absolute atomic E-state index is 0.0120. The van der Waals surface area contributed by atoms with Crippen molar-refractivity contribution >= 4 is 16.6 Å². The summed E-state index contributed by atoms with van der Waals surface area (Å²) in [6, 6.07) is 17.2. The summed E-state index contributed by atoms with van der Waals surface area (Å²) in [7, 11) is 0. The van der Waals surface area contributed by atoms with E-state index in [4.69, 9.17) is 9.98 Å².